The van der Waals surface area contributed by atoms with Crippen molar-refractivity contribution in [1.82, 2.24) is 9.97 Å². The maximum Gasteiger partial charge on any atom is 0.172 e. The predicted molar refractivity (Wildman–Crippen MR) is 93.8 cm³/mol. The second-order valence-electron chi connectivity index (χ2n) is 4.56. The van der Waals surface area contributed by atoms with Gasteiger partial charge < -0.3 is 0 Å². The van der Waals surface area contributed by atoms with Crippen LogP contribution < -0.4 is 0 Å². The minimum absolute atomic E-state index is 0.533. The lowest BCUT2D eigenvalue weighted by molar-refractivity contribution is 1.25. The van der Waals surface area contributed by atoms with E-state index in [1.165, 1.54) is 9.75 Å². The van der Waals surface area contributed by atoms with E-state index in [0.717, 1.165) is 20.7 Å². The summed E-state index contributed by atoms with van der Waals surface area (Å²) in [5.41, 5.74) is 1.13. The summed E-state index contributed by atoms with van der Waals surface area (Å²) in [6.45, 7) is 2.08. The number of halogens is 1. The number of rotatable bonds is 2. The van der Waals surface area contributed by atoms with Gasteiger partial charge in [-0.3, -0.25) is 0 Å². The van der Waals surface area contributed by atoms with Crippen LogP contribution in [0.15, 0.2) is 35.0 Å². The van der Waals surface area contributed by atoms with E-state index >= 15 is 0 Å². The average molecular weight is 349 g/mol. The van der Waals surface area contributed by atoms with Crippen molar-refractivity contribution in [3.05, 3.63) is 45.1 Å². The summed E-state index contributed by atoms with van der Waals surface area (Å²) in [6.07, 6.45) is 0. The molecule has 21 heavy (non-hydrogen) atoms. The van der Waals surface area contributed by atoms with Crippen LogP contribution >= 0.6 is 45.6 Å². The molecule has 4 aromatic rings. The van der Waals surface area contributed by atoms with Crippen LogP contribution in [-0.2, 0) is 0 Å². The van der Waals surface area contributed by atoms with Crippen LogP contribution in [0.4, 0.5) is 0 Å². The van der Waals surface area contributed by atoms with Crippen LogP contribution in [0.5, 0.6) is 0 Å². The zero-order valence-electron chi connectivity index (χ0n) is 11.0. The van der Waals surface area contributed by atoms with Crippen molar-refractivity contribution in [3.63, 3.8) is 0 Å². The molecule has 0 spiro atoms. The number of fused-ring (bicyclic) bond motifs is 1. The lowest BCUT2D eigenvalue weighted by atomic mass is 10.2. The monoisotopic (exact) mass is 348 g/mol. The van der Waals surface area contributed by atoms with Gasteiger partial charge in [0, 0.05) is 20.7 Å². The van der Waals surface area contributed by atoms with Gasteiger partial charge in [-0.2, -0.15) is 0 Å². The Bertz CT molecular complexity index is 922. The van der Waals surface area contributed by atoms with E-state index in [0.29, 0.717) is 11.0 Å². The van der Waals surface area contributed by atoms with E-state index < -0.39 is 0 Å². The molecule has 0 radical (unpaired) electrons. The second-order valence-corrected chi connectivity index (χ2v) is 8.01. The number of thiophene rings is 3. The zero-order valence-corrected chi connectivity index (χ0v) is 14.2. The number of hydrogen-bond donors (Lipinski definition) is 0. The topological polar surface area (TPSA) is 25.8 Å². The van der Waals surface area contributed by atoms with E-state index in [-0.39, 0.29) is 0 Å². The quantitative estimate of drug-likeness (QED) is 0.408. The number of aryl methyl sites for hydroxylation is 1. The van der Waals surface area contributed by atoms with Crippen molar-refractivity contribution in [2.24, 2.45) is 0 Å². The molecule has 0 aliphatic carbocycles. The fraction of sp³-hybridized carbons (Fsp3) is 0.0667. The Balaban J connectivity index is 1.93. The normalized spacial score (nSPS) is 11.3. The predicted octanol–water partition coefficient (Wildman–Crippen LogP) is 6.11. The van der Waals surface area contributed by atoms with Gasteiger partial charge >= 0.3 is 0 Å². The molecular formula is C15H9ClN2S3. The zero-order chi connectivity index (χ0) is 14.4. The lowest BCUT2D eigenvalue weighted by Gasteiger charge is -2.01. The minimum atomic E-state index is 0.533. The fourth-order valence-electron chi connectivity index (χ4n) is 2.18. The summed E-state index contributed by atoms with van der Waals surface area (Å²) in [5.74, 6) is 0.713. The van der Waals surface area contributed by atoms with Gasteiger partial charge in [0.25, 0.3) is 0 Å². The van der Waals surface area contributed by atoms with E-state index in [4.69, 9.17) is 11.6 Å². The van der Waals surface area contributed by atoms with E-state index in [9.17, 15) is 0 Å². The Morgan fingerprint density at radius 2 is 1.95 bits per heavy atom. The van der Waals surface area contributed by atoms with Crippen LogP contribution in [0, 0.1) is 6.92 Å². The molecule has 0 saturated heterocycles. The highest BCUT2D eigenvalue weighted by molar-refractivity contribution is 7.19. The molecule has 4 rings (SSSR count). The molecule has 104 valence electrons. The van der Waals surface area contributed by atoms with Crippen molar-refractivity contribution in [2.75, 3.05) is 0 Å². The smallest absolute Gasteiger partial charge is 0.172 e. The third-order valence-corrected chi connectivity index (χ3v) is 6.18. The highest BCUT2D eigenvalue weighted by Crippen LogP contribution is 2.40. The van der Waals surface area contributed by atoms with Crippen LogP contribution in [0.25, 0.3) is 31.4 Å². The molecule has 4 aromatic heterocycles. The van der Waals surface area contributed by atoms with Crippen LogP contribution in [0.2, 0.25) is 5.15 Å². The summed E-state index contributed by atoms with van der Waals surface area (Å²) in [7, 11) is 0. The summed E-state index contributed by atoms with van der Waals surface area (Å²) in [5, 5.41) is 5.67. The second kappa shape index (κ2) is 5.18. The van der Waals surface area contributed by atoms with E-state index in [1.807, 2.05) is 12.1 Å². The number of nitrogens with zero attached hydrogens (tertiary/aromatic N) is 2. The van der Waals surface area contributed by atoms with Gasteiger partial charge in [0.1, 0.15) is 9.98 Å². The Morgan fingerprint density at radius 3 is 2.67 bits per heavy atom. The standard InChI is InChI=1S/C15H9ClN2S3/c1-8-4-5-11(21-8)14-17-13(16)12-9(7-20-15(12)18-14)10-3-2-6-19-10/h2-7H,1H3. The highest BCUT2D eigenvalue weighted by atomic mass is 35.5. The van der Waals surface area contributed by atoms with Gasteiger partial charge in [0.2, 0.25) is 0 Å². The lowest BCUT2D eigenvalue weighted by Crippen LogP contribution is -1.88. The molecule has 2 nitrogen and oxygen atoms in total. The van der Waals surface area contributed by atoms with Gasteiger partial charge in [0.15, 0.2) is 5.82 Å². The van der Waals surface area contributed by atoms with Gasteiger partial charge in [-0.15, -0.1) is 34.0 Å². The fourth-order valence-corrected chi connectivity index (χ4v) is 5.07. The summed E-state index contributed by atoms with van der Waals surface area (Å²) >= 11 is 11.5. The van der Waals surface area contributed by atoms with Crippen molar-refractivity contribution in [3.8, 4) is 21.1 Å². The average Bonchev–Trinajstić information content (AvgIpc) is 3.16. The van der Waals surface area contributed by atoms with Gasteiger partial charge in [-0.25, -0.2) is 9.97 Å². The molecule has 0 unspecified atom stereocenters. The SMILES string of the molecule is Cc1ccc(-c2nc(Cl)c3c(-c4cccs4)csc3n2)s1. The molecule has 0 saturated carbocycles. The maximum atomic E-state index is 6.45. The summed E-state index contributed by atoms with van der Waals surface area (Å²) in [4.78, 5) is 13.6. The molecule has 0 amide bonds. The first kappa shape index (κ1) is 13.4. The maximum absolute atomic E-state index is 6.45. The van der Waals surface area contributed by atoms with Gasteiger partial charge in [0.05, 0.1) is 10.3 Å². The Hall–Kier alpha value is -1.27. The summed E-state index contributed by atoms with van der Waals surface area (Å²) in [6, 6.07) is 8.26. The molecule has 0 aliphatic rings. The van der Waals surface area contributed by atoms with Crippen LogP contribution in [-0.4, -0.2) is 9.97 Å². The van der Waals surface area contributed by atoms with Crippen molar-refractivity contribution < 1.29 is 0 Å². The largest absolute Gasteiger partial charge is 0.216 e. The molecule has 0 fully saturated rings. The van der Waals surface area contributed by atoms with Gasteiger partial charge in [-0.05, 0) is 30.5 Å². The molecule has 0 atom stereocenters. The van der Waals surface area contributed by atoms with Crippen molar-refractivity contribution >= 4 is 55.8 Å². The minimum Gasteiger partial charge on any atom is -0.216 e. The third-order valence-electron chi connectivity index (χ3n) is 3.14. The molecule has 6 heteroatoms. The van der Waals surface area contributed by atoms with Gasteiger partial charge in [-0.1, -0.05) is 17.7 Å². The first-order valence-corrected chi connectivity index (χ1v) is 9.23. The molecule has 0 aromatic carbocycles. The third kappa shape index (κ3) is 2.30. The Morgan fingerprint density at radius 1 is 1.05 bits per heavy atom. The Labute approximate surface area is 138 Å². The van der Waals surface area contributed by atoms with Crippen LogP contribution in [0.1, 0.15) is 4.88 Å². The number of hydrogen-bond acceptors (Lipinski definition) is 5. The van der Waals surface area contributed by atoms with Crippen LogP contribution in [0.3, 0.4) is 0 Å². The first-order chi connectivity index (χ1) is 10.2. The molecular weight excluding hydrogens is 340 g/mol. The molecule has 0 aliphatic heterocycles. The number of aromatic nitrogens is 2. The van der Waals surface area contributed by atoms with Crippen molar-refractivity contribution in [2.45, 2.75) is 6.92 Å². The first-order valence-electron chi connectivity index (χ1n) is 6.28. The van der Waals surface area contributed by atoms with E-state index in [1.54, 1.807) is 34.0 Å². The van der Waals surface area contributed by atoms with E-state index in [2.05, 4.69) is 39.8 Å². The summed E-state index contributed by atoms with van der Waals surface area (Å²) < 4.78 is 0. The molecule has 0 N–H and O–H groups in total. The van der Waals surface area contributed by atoms with Crippen molar-refractivity contribution in [1.29, 1.82) is 0 Å². The highest BCUT2D eigenvalue weighted by Gasteiger charge is 2.16. The molecule has 0 bridgehead atoms. The molecule has 4 heterocycles. The Kier molecular flexibility index (Phi) is 3.30.